The molecule has 3 aromatic rings. The summed E-state index contributed by atoms with van der Waals surface area (Å²) in [6, 6.07) is 13.3. The number of ether oxygens (including phenoxy) is 2. The number of alkyl halides is 1. The van der Waals surface area contributed by atoms with Gasteiger partial charge in [-0.15, -0.1) is 22.9 Å². The summed E-state index contributed by atoms with van der Waals surface area (Å²) in [5, 5.41) is 0.863. The summed E-state index contributed by atoms with van der Waals surface area (Å²) >= 11 is 6.91. The maximum absolute atomic E-state index is 11.7. The summed E-state index contributed by atoms with van der Waals surface area (Å²) in [7, 11) is 1.52. The fourth-order valence-electron chi connectivity index (χ4n) is 2.27. The number of aromatic nitrogens is 1. The zero-order chi connectivity index (χ0) is 19.2. The molecule has 0 radical (unpaired) electrons. The summed E-state index contributed by atoms with van der Waals surface area (Å²) in [4.78, 5) is 27.3. The van der Waals surface area contributed by atoms with Gasteiger partial charge in [0.25, 0.3) is 11.8 Å². The second kappa shape index (κ2) is 8.70. The lowest BCUT2D eigenvalue weighted by atomic mass is 10.2. The Bertz CT molecular complexity index is 943. The maximum atomic E-state index is 11.7. The zero-order valence-corrected chi connectivity index (χ0v) is 15.9. The van der Waals surface area contributed by atoms with E-state index in [-0.39, 0.29) is 12.5 Å². The fraction of sp³-hybridized carbons (Fsp3) is 0.167. The molecule has 1 heterocycles. The summed E-state index contributed by atoms with van der Waals surface area (Å²) in [5.41, 5.74) is 6.17. The highest BCUT2D eigenvalue weighted by molar-refractivity contribution is 7.21. The first kappa shape index (κ1) is 18.9. The molecule has 0 saturated heterocycles. The van der Waals surface area contributed by atoms with Gasteiger partial charge in [-0.05, 0) is 30.3 Å². The molecule has 0 bridgehead atoms. The SMILES string of the molecule is COc1cc(-c2nc3ccccc3s2)ccc1OCC(=O)NNC(=O)CCl. The maximum Gasteiger partial charge on any atom is 0.276 e. The number of halogens is 1. The highest BCUT2D eigenvalue weighted by atomic mass is 35.5. The minimum absolute atomic E-state index is 0.248. The smallest absolute Gasteiger partial charge is 0.276 e. The molecule has 2 aromatic carbocycles. The Hall–Kier alpha value is -2.84. The predicted molar refractivity (Wildman–Crippen MR) is 104 cm³/mol. The zero-order valence-electron chi connectivity index (χ0n) is 14.3. The average molecular weight is 406 g/mol. The van der Waals surface area contributed by atoms with Gasteiger partial charge in [-0.25, -0.2) is 4.98 Å². The third-order valence-corrected chi connectivity index (χ3v) is 4.85. The van der Waals surface area contributed by atoms with Crippen LogP contribution in [0.1, 0.15) is 0 Å². The Morgan fingerprint density at radius 2 is 1.89 bits per heavy atom. The first-order chi connectivity index (χ1) is 13.1. The van der Waals surface area contributed by atoms with Crippen molar-refractivity contribution >= 4 is 45.0 Å². The number of nitrogens with zero attached hydrogens (tertiary/aromatic N) is 1. The molecule has 3 rings (SSSR count). The lowest BCUT2D eigenvalue weighted by Gasteiger charge is -2.12. The number of amides is 2. The Balaban J connectivity index is 1.70. The molecule has 1 aromatic heterocycles. The van der Waals surface area contributed by atoms with E-state index in [1.165, 1.54) is 7.11 Å². The summed E-state index contributed by atoms with van der Waals surface area (Å²) in [6.45, 7) is -0.292. The van der Waals surface area contributed by atoms with E-state index in [9.17, 15) is 9.59 Å². The van der Waals surface area contributed by atoms with Crippen LogP contribution in [-0.4, -0.2) is 36.4 Å². The number of benzene rings is 2. The molecule has 0 aliphatic rings. The van der Waals surface area contributed by atoms with Crippen LogP contribution in [-0.2, 0) is 9.59 Å². The van der Waals surface area contributed by atoms with Crippen LogP contribution in [0.3, 0.4) is 0 Å². The number of para-hydroxylation sites is 1. The Morgan fingerprint density at radius 3 is 2.63 bits per heavy atom. The van der Waals surface area contributed by atoms with Gasteiger partial charge in [-0.1, -0.05) is 12.1 Å². The second-order valence-electron chi connectivity index (χ2n) is 5.37. The number of carbonyl (C=O) groups is 2. The van der Waals surface area contributed by atoms with E-state index in [0.29, 0.717) is 11.5 Å². The van der Waals surface area contributed by atoms with E-state index < -0.39 is 11.8 Å². The van der Waals surface area contributed by atoms with Crippen LogP contribution in [0.4, 0.5) is 0 Å². The molecule has 140 valence electrons. The van der Waals surface area contributed by atoms with Crippen molar-refractivity contribution in [1.82, 2.24) is 15.8 Å². The molecule has 0 spiro atoms. The van der Waals surface area contributed by atoms with Crippen molar-refractivity contribution in [3.8, 4) is 22.1 Å². The minimum atomic E-state index is -0.522. The van der Waals surface area contributed by atoms with Crippen LogP contribution in [0.15, 0.2) is 42.5 Å². The lowest BCUT2D eigenvalue weighted by Crippen LogP contribution is -2.44. The molecule has 2 amide bonds. The van der Waals surface area contributed by atoms with Crippen LogP contribution in [0.25, 0.3) is 20.8 Å². The molecule has 9 heteroatoms. The molecule has 0 aliphatic heterocycles. The van der Waals surface area contributed by atoms with E-state index in [1.807, 2.05) is 30.3 Å². The summed E-state index contributed by atoms with van der Waals surface area (Å²) < 4.78 is 11.9. The quantitative estimate of drug-likeness (QED) is 0.486. The predicted octanol–water partition coefficient (Wildman–Crippen LogP) is 2.74. The molecule has 27 heavy (non-hydrogen) atoms. The number of carbonyl (C=O) groups excluding carboxylic acids is 2. The van der Waals surface area contributed by atoms with Gasteiger partial charge in [-0.2, -0.15) is 0 Å². The molecule has 2 N–H and O–H groups in total. The number of hydrogen-bond donors (Lipinski definition) is 2. The van der Waals surface area contributed by atoms with Gasteiger partial charge in [0.2, 0.25) is 0 Å². The highest BCUT2D eigenvalue weighted by Gasteiger charge is 2.12. The van der Waals surface area contributed by atoms with Crippen LogP contribution in [0.2, 0.25) is 0 Å². The first-order valence-corrected chi connectivity index (χ1v) is 9.26. The average Bonchev–Trinajstić information content (AvgIpc) is 3.14. The van der Waals surface area contributed by atoms with Crippen molar-refractivity contribution in [2.75, 3.05) is 19.6 Å². The number of methoxy groups -OCH3 is 1. The van der Waals surface area contributed by atoms with Gasteiger partial charge in [0.1, 0.15) is 10.9 Å². The van der Waals surface area contributed by atoms with Gasteiger partial charge < -0.3 is 9.47 Å². The number of thiazole rings is 1. The van der Waals surface area contributed by atoms with Crippen LogP contribution in [0, 0.1) is 0 Å². The molecule has 0 unspecified atom stereocenters. The molecule has 0 aliphatic carbocycles. The second-order valence-corrected chi connectivity index (χ2v) is 6.67. The minimum Gasteiger partial charge on any atom is -0.493 e. The fourth-order valence-corrected chi connectivity index (χ4v) is 3.30. The van der Waals surface area contributed by atoms with E-state index in [1.54, 1.807) is 23.5 Å². The molecule has 0 saturated carbocycles. The summed E-state index contributed by atoms with van der Waals surface area (Å²) in [6.07, 6.45) is 0. The van der Waals surface area contributed by atoms with Gasteiger partial charge in [0, 0.05) is 5.56 Å². The van der Waals surface area contributed by atoms with Crippen molar-refractivity contribution in [2.24, 2.45) is 0 Å². The van der Waals surface area contributed by atoms with Gasteiger partial charge in [0.05, 0.1) is 17.3 Å². The number of hydrogen-bond acceptors (Lipinski definition) is 6. The highest BCUT2D eigenvalue weighted by Crippen LogP contribution is 2.35. The summed E-state index contributed by atoms with van der Waals surface area (Å²) in [5.74, 6) is -0.401. The van der Waals surface area contributed by atoms with Crippen LogP contribution >= 0.6 is 22.9 Å². The number of fused-ring (bicyclic) bond motifs is 1. The van der Waals surface area contributed by atoms with Crippen LogP contribution < -0.4 is 20.3 Å². The van der Waals surface area contributed by atoms with Crippen molar-refractivity contribution in [2.45, 2.75) is 0 Å². The van der Waals surface area contributed by atoms with Crippen molar-refractivity contribution < 1.29 is 19.1 Å². The number of rotatable bonds is 6. The molecule has 0 atom stereocenters. The third kappa shape index (κ3) is 4.66. The van der Waals surface area contributed by atoms with E-state index in [4.69, 9.17) is 21.1 Å². The van der Waals surface area contributed by atoms with Crippen molar-refractivity contribution in [1.29, 1.82) is 0 Å². The topological polar surface area (TPSA) is 89.6 Å². The third-order valence-electron chi connectivity index (χ3n) is 3.53. The standard InChI is InChI=1S/C18H16ClN3O4S/c1-25-14-8-11(18-20-12-4-2-3-5-15(12)27-18)6-7-13(14)26-10-17(24)22-21-16(23)9-19/h2-8H,9-10H2,1H3,(H,21,23)(H,22,24). The van der Waals surface area contributed by atoms with Crippen LogP contribution in [0.5, 0.6) is 11.5 Å². The lowest BCUT2D eigenvalue weighted by molar-refractivity contribution is -0.128. The number of hydrazine groups is 1. The molecule has 7 nitrogen and oxygen atoms in total. The van der Waals surface area contributed by atoms with Crippen molar-refractivity contribution in [3.05, 3.63) is 42.5 Å². The van der Waals surface area contributed by atoms with Gasteiger partial charge >= 0.3 is 0 Å². The van der Waals surface area contributed by atoms with E-state index in [0.717, 1.165) is 20.8 Å². The largest absolute Gasteiger partial charge is 0.493 e. The van der Waals surface area contributed by atoms with Crippen molar-refractivity contribution in [3.63, 3.8) is 0 Å². The molecular formula is C18H16ClN3O4S. The monoisotopic (exact) mass is 405 g/mol. The van der Waals surface area contributed by atoms with Gasteiger partial charge in [0.15, 0.2) is 18.1 Å². The Kier molecular flexibility index (Phi) is 6.10. The first-order valence-electron chi connectivity index (χ1n) is 7.91. The molecular weight excluding hydrogens is 390 g/mol. The van der Waals surface area contributed by atoms with Gasteiger partial charge in [-0.3, -0.25) is 20.4 Å². The molecule has 0 fully saturated rings. The van der Waals surface area contributed by atoms with E-state index >= 15 is 0 Å². The normalized spacial score (nSPS) is 10.4. The van der Waals surface area contributed by atoms with E-state index in [2.05, 4.69) is 15.8 Å². The Labute approximate surface area is 164 Å². The Morgan fingerprint density at radius 1 is 1.11 bits per heavy atom. The number of nitrogens with one attached hydrogen (secondary N) is 2.